The van der Waals surface area contributed by atoms with Crippen molar-refractivity contribution in [3.05, 3.63) is 47.9 Å². The van der Waals surface area contributed by atoms with E-state index in [0.29, 0.717) is 16.1 Å². The molecule has 2 aromatic carbocycles. The van der Waals surface area contributed by atoms with Crippen molar-refractivity contribution in [3.63, 3.8) is 0 Å². The number of amides is 1. The van der Waals surface area contributed by atoms with Gasteiger partial charge in [0.05, 0.1) is 0 Å². The normalized spacial score (nSPS) is 12.8. The summed E-state index contributed by atoms with van der Waals surface area (Å²) in [7, 11) is 1.70. The molecular weight excluding hydrogens is 367 g/mol. The molecule has 0 spiro atoms. The lowest BCUT2D eigenvalue weighted by molar-refractivity contribution is -0.108. The number of benzene rings is 2. The third-order valence-electron chi connectivity index (χ3n) is 3.96. The van der Waals surface area contributed by atoms with E-state index in [1.807, 2.05) is 18.2 Å². The molecule has 0 unspecified atom stereocenters. The Labute approximate surface area is 159 Å². The molecule has 1 amide bonds. The summed E-state index contributed by atoms with van der Waals surface area (Å²) in [6, 6.07) is 10.2. The van der Waals surface area contributed by atoms with Crippen molar-refractivity contribution in [2.75, 3.05) is 17.7 Å². The number of fused-ring (bicyclic) bond motifs is 1. The molecule has 0 atom stereocenters. The molecule has 140 valence electrons. The van der Waals surface area contributed by atoms with Gasteiger partial charge in [0.15, 0.2) is 10.8 Å². The van der Waals surface area contributed by atoms with Crippen molar-refractivity contribution in [2.45, 2.75) is 12.8 Å². The summed E-state index contributed by atoms with van der Waals surface area (Å²) >= 11 is 1.28. The predicted octanol–water partition coefficient (Wildman–Crippen LogP) is 3.91. The summed E-state index contributed by atoms with van der Waals surface area (Å²) in [5.74, 6) is -0.420. The van der Waals surface area contributed by atoms with E-state index in [1.165, 1.54) is 23.5 Å². The van der Waals surface area contributed by atoms with Crippen molar-refractivity contribution in [3.8, 4) is 0 Å². The molecule has 27 heavy (non-hydrogen) atoms. The number of primary amides is 1. The molecule has 8 heteroatoms. The van der Waals surface area contributed by atoms with E-state index < -0.39 is 5.91 Å². The van der Waals surface area contributed by atoms with Crippen molar-refractivity contribution < 1.29 is 14.0 Å². The topological polar surface area (TPSA) is 97.1 Å². The molecular formula is C19H19FN4O2S. The summed E-state index contributed by atoms with van der Waals surface area (Å²) in [6.45, 7) is 0. The van der Waals surface area contributed by atoms with Crippen LogP contribution in [0.1, 0.15) is 23.3 Å². The highest BCUT2D eigenvalue weighted by Gasteiger charge is 2.19. The first-order valence-corrected chi connectivity index (χ1v) is 9.22. The number of aromatic nitrogens is 1. The van der Waals surface area contributed by atoms with Crippen LogP contribution in [0.15, 0.2) is 36.4 Å². The Morgan fingerprint density at radius 3 is 2.56 bits per heavy atom. The molecule has 1 heterocycles. The molecule has 1 fully saturated rings. The fourth-order valence-electron chi connectivity index (χ4n) is 2.36. The van der Waals surface area contributed by atoms with Crippen LogP contribution < -0.4 is 16.4 Å². The molecule has 1 aromatic heterocycles. The van der Waals surface area contributed by atoms with Crippen LogP contribution >= 0.6 is 11.3 Å². The van der Waals surface area contributed by atoms with Gasteiger partial charge in [-0.15, -0.1) is 0 Å². The second-order valence-electron chi connectivity index (χ2n) is 6.12. The van der Waals surface area contributed by atoms with E-state index >= 15 is 0 Å². The van der Waals surface area contributed by atoms with Gasteiger partial charge in [-0.1, -0.05) is 23.5 Å². The lowest BCUT2D eigenvalue weighted by Crippen LogP contribution is -2.13. The molecule has 6 nitrogen and oxygen atoms in total. The summed E-state index contributed by atoms with van der Waals surface area (Å²) < 4.78 is 13.3. The monoisotopic (exact) mass is 386 g/mol. The molecule has 1 aliphatic carbocycles. The number of thiazole rings is 1. The van der Waals surface area contributed by atoms with Crippen LogP contribution in [-0.2, 0) is 4.79 Å². The van der Waals surface area contributed by atoms with E-state index in [4.69, 9.17) is 5.73 Å². The first-order chi connectivity index (χ1) is 13.0. The largest absolute Gasteiger partial charge is 0.378 e. The standard InChI is InChI=1S/C15H13FN4OS.C4H6O/c1-18-14-12(13(17)21)20-15(22-14)19-11-5-3-8-2-4-10(16)6-9(8)7-11;5-3-4-1-2-4/h2-7,18H,1H3,(H2,17,21)(H,19,20);3-4H,1-2H2. The fraction of sp³-hybridized carbons (Fsp3) is 0.211. The number of nitrogens with one attached hydrogen (secondary N) is 2. The quantitative estimate of drug-likeness (QED) is 0.578. The Morgan fingerprint density at radius 2 is 2.00 bits per heavy atom. The number of anilines is 3. The predicted molar refractivity (Wildman–Crippen MR) is 106 cm³/mol. The van der Waals surface area contributed by atoms with Gasteiger partial charge in [-0.05, 0) is 47.9 Å². The third-order valence-corrected chi connectivity index (χ3v) is 4.94. The molecule has 0 aliphatic heterocycles. The summed E-state index contributed by atoms with van der Waals surface area (Å²) in [5, 5.41) is 8.85. The van der Waals surface area contributed by atoms with Crippen LogP contribution in [0.4, 0.5) is 20.2 Å². The number of aldehydes is 1. The van der Waals surface area contributed by atoms with Crippen molar-refractivity contribution in [2.24, 2.45) is 11.7 Å². The van der Waals surface area contributed by atoms with E-state index in [1.54, 1.807) is 13.1 Å². The van der Waals surface area contributed by atoms with E-state index in [9.17, 15) is 14.0 Å². The van der Waals surface area contributed by atoms with Gasteiger partial charge in [0.1, 0.15) is 17.1 Å². The lowest BCUT2D eigenvalue weighted by Gasteiger charge is -2.04. The molecule has 0 saturated heterocycles. The number of hydrogen-bond acceptors (Lipinski definition) is 6. The average Bonchev–Trinajstić information content (AvgIpc) is 3.41. The fourth-order valence-corrected chi connectivity index (χ4v) is 3.21. The second-order valence-corrected chi connectivity index (χ2v) is 7.11. The number of nitrogens with zero attached hydrogens (tertiary/aromatic N) is 1. The summed E-state index contributed by atoms with van der Waals surface area (Å²) in [4.78, 5) is 25.1. The minimum atomic E-state index is -0.589. The van der Waals surface area contributed by atoms with Crippen molar-refractivity contribution in [1.82, 2.24) is 4.98 Å². The van der Waals surface area contributed by atoms with E-state index in [-0.39, 0.29) is 11.5 Å². The highest BCUT2D eigenvalue weighted by Crippen LogP contribution is 2.31. The molecule has 4 rings (SSSR count). The number of rotatable bonds is 5. The van der Waals surface area contributed by atoms with Gasteiger partial charge in [-0.3, -0.25) is 4.79 Å². The molecule has 0 radical (unpaired) electrons. The Morgan fingerprint density at radius 1 is 1.26 bits per heavy atom. The van der Waals surface area contributed by atoms with Crippen LogP contribution in [0.2, 0.25) is 0 Å². The Balaban J connectivity index is 0.000000364. The minimum Gasteiger partial charge on any atom is -0.378 e. The summed E-state index contributed by atoms with van der Waals surface area (Å²) in [5.41, 5.74) is 6.23. The molecule has 0 bridgehead atoms. The van der Waals surface area contributed by atoms with Crippen LogP contribution in [0.5, 0.6) is 0 Å². The van der Waals surface area contributed by atoms with E-state index in [0.717, 1.165) is 35.6 Å². The van der Waals surface area contributed by atoms with Crippen LogP contribution in [0.25, 0.3) is 10.8 Å². The molecule has 1 aliphatic rings. The van der Waals surface area contributed by atoms with E-state index in [2.05, 4.69) is 15.6 Å². The van der Waals surface area contributed by atoms with Gasteiger partial charge in [0.25, 0.3) is 5.91 Å². The molecule has 3 aromatic rings. The maximum Gasteiger partial charge on any atom is 0.270 e. The number of hydrogen-bond donors (Lipinski definition) is 3. The van der Waals surface area contributed by atoms with Gasteiger partial charge < -0.3 is 21.2 Å². The van der Waals surface area contributed by atoms with Gasteiger partial charge in [-0.25, -0.2) is 9.37 Å². The number of halogens is 1. The highest BCUT2D eigenvalue weighted by atomic mass is 32.1. The van der Waals surface area contributed by atoms with Crippen LogP contribution in [0.3, 0.4) is 0 Å². The molecule has 4 N–H and O–H groups in total. The minimum absolute atomic E-state index is 0.196. The zero-order chi connectivity index (χ0) is 19.4. The maximum atomic E-state index is 13.3. The third kappa shape index (κ3) is 4.79. The van der Waals surface area contributed by atoms with Crippen molar-refractivity contribution >= 4 is 50.1 Å². The Bertz CT molecular complexity index is 985. The van der Waals surface area contributed by atoms with Crippen molar-refractivity contribution in [1.29, 1.82) is 0 Å². The first-order valence-electron chi connectivity index (χ1n) is 8.40. The van der Waals surface area contributed by atoms with Crippen LogP contribution in [0, 0.1) is 11.7 Å². The smallest absolute Gasteiger partial charge is 0.270 e. The first kappa shape index (κ1) is 18.8. The Kier molecular flexibility index (Phi) is 5.66. The van der Waals surface area contributed by atoms with Gasteiger partial charge in [0, 0.05) is 18.7 Å². The SMILES string of the molecule is CNc1sc(Nc2ccc3ccc(F)cc3c2)nc1C(N)=O.O=CC1CC1. The van der Waals surface area contributed by atoms with Gasteiger partial charge in [0.2, 0.25) is 0 Å². The number of carbonyl (C=O) groups is 2. The second kappa shape index (κ2) is 8.13. The lowest BCUT2D eigenvalue weighted by atomic mass is 10.1. The Hall–Kier alpha value is -3.00. The zero-order valence-electron chi connectivity index (χ0n) is 14.7. The summed E-state index contributed by atoms with van der Waals surface area (Å²) in [6.07, 6.45) is 3.31. The van der Waals surface area contributed by atoms with Gasteiger partial charge in [-0.2, -0.15) is 0 Å². The number of nitrogens with two attached hydrogens (primary N) is 1. The number of carbonyl (C=O) groups excluding carboxylic acids is 2. The highest BCUT2D eigenvalue weighted by molar-refractivity contribution is 7.19. The van der Waals surface area contributed by atoms with Crippen LogP contribution in [-0.4, -0.2) is 24.2 Å². The zero-order valence-corrected chi connectivity index (χ0v) is 15.5. The molecule has 1 saturated carbocycles. The average molecular weight is 386 g/mol. The van der Waals surface area contributed by atoms with Gasteiger partial charge >= 0.3 is 0 Å². The maximum absolute atomic E-state index is 13.3.